The number of H-pyrrole nitrogens is 1. The second kappa shape index (κ2) is 2.08. The molecule has 11 heavy (non-hydrogen) atoms. The van der Waals surface area contributed by atoms with Crippen LogP contribution >= 0.6 is 0 Å². The van der Waals surface area contributed by atoms with Crippen molar-refractivity contribution in [3.05, 3.63) is 18.7 Å². The molecule has 2 rings (SSSR count). The fraction of sp³-hybridized carbons (Fsp3) is 0. The van der Waals surface area contributed by atoms with Crippen LogP contribution in [0.5, 0.6) is 0 Å². The Kier molecular flexibility index (Phi) is 1.12. The van der Waals surface area contributed by atoms with Crippen molar-refractivity contribution in [2.75, 3.05) is 5.73 Å². The highest BCUT2D eigenvalue weighted by Gasteiger charge is 1.99. The van der Waals surface area contributed by atoms with Crippen LogP contribution in [0.3, 0.4) is 0 Å². The zero-order valence-corrected chi connectivity index (χ0v) is 5.60. The molecule has 2 heterocycles. The van der Waals surface area contributed by atoms with Gasteiger partial charge in [0.2, 0.25) is 5.95 Å². The van der Waals surface area contributed by atoms with E-state index in [0.717, 1.165) is 0 Å². The SMILES string of the molecule is Nc1nc(-n2ccnc2)n[nH]1. The Bertz CT molecular complexity index is 333. The van der Waals surface area contributed by atoms with E-state index in [1.54, 1.807) is 23.3 Å². The van der Waals surface area contributed by atoms with Crippen LogP contribution in [-0.4, -0.2) is 24.7 Å². The van der Waals surface area contributed by atoms with Crippen LogP contribution in [-0.2, 0) is 0 Å². The number of nitrogen functional groups attached to an aromatic ring is 1. The zero-order valence-electron chi connectivity index (χ0n) is 5.60. The van der Waals surface area contributed by atoms with E-state index in [9.17, 15) is 0 Å². The molecule has 3 N–H and O–H groups in total. The van der Waals surface area contributed by atoms with Crippen molar-refractivity contribution in [1.29, 1.82) is 0 Å². The Hall–Kier alpha value is -1.85. The number of imidazole rings is 1. The molecule has 0 aliphatic carbocycles. The third-order valence-corrected chi connectivity index (χ3v) is 1.23. The van der Waals surface area contributed by atoms with Gasteiger partial charge >= 0.3 is 0 Å². The first-order valence-electron chi connectivity index (χ1n) is 3.02. The third kappa shape index (κ3) is 0.936. The van der Waals surface area contributed by atoms with Gasteiger partial charge in [-0.05, 0) is 0 Å². The van der Waals surface area contributed by atoms with Crippen LogP contribution < -0.4 is 5.73 Å². The lowest BCUT2D eigenvalue weighted by molar-refractivity contribution is 0.931. The summed E-state index contributed by atoms with van der Waals surface area (Å²) in [7, 11) is 0. The second-order valence-electron chi connectivity index (χ2n) is 1.99. The van der Waals surface area contributed by atoms with E-state index in [1.807, 2.05) is 0 Å². The molecule has 0 spiro atoms. The number of hydrogen-bond donors (Lipinski definition) is 2. The molecule has 2 aromatic heterocycles. The van der Waals surface area contributed by atoms with Gasteiger partial charge in [0.1, 0.15) is 6.33 Å². The van der Waals surface area contributed by atoms with E-state index < -0.39 is 0 Å². The summed E-state index contributed by atoms with van der Waals surface area (Å²) < 4.78 is 1.66. The van der Waals surface area contributed by atoms with Crippen LogP contribution in [0.15, 0.2) is 18.7 Å². The second-order valence-corrected chi connectivity index (χ2v) is 1.99. The smallest absolute Gasteiger partial charge is 0.255 e. The monoisotopic (exact) mass is 150 g/mol. The van der Waals surface area contributed by atoms with Gasteiger partial charge in [0.25, 0.3) is 5.95 Å². The van der Waals surface area contributed by atoms with Crippen molar-refractivity contribution in [3.8, 4) is 5.95 Å². The number of aromatic amines is 1. The first-order chi connectivity index (χ1) is 5.36. The van der Waals surface area contributed by atoms with Gasteiger partial charge in [-0.3, -0.25) is 4.57 Å². The van der Waals surface area contributed by atoms with Crippen LogP contribution in [0.2, 0.25) is 0 Å². The van der Waals surface area contributed by atoms with Crippen LogP contribution in [0.1, 0.15) is 0 Å². The predicted molar refractivity (Wildman–Crippen MR) is 37.9 cm³/mol. The lowest BCUT2D eigenvalue weighted by Gasteiger charge is -1.88. The first kappa shape index (κ1) is 5.90. The van der Waals surface area contributed by atoms with Crippen molar-refractivity contribution in [3.63, 3.8) is 0 Å². The number of nitrogens with zero attached hydrogens (tertiary/aromatic N) is 4. The highest BCUT2D eigenvalue weighted by Crippen LogP contribution is 1.99. The minimum Gasteiger partial charge on any atom is -0.368 e. The van der Waals surface area contributed by atoms with Crippen molar-refractivity contribution in [1.82, 2.24) is 24.7 Å². The van der Waals surface area contributed by atoms with E-state index in [-0.39, 0.29) is 0 Å². The number of nitrogens with two attached hydrogens (primary N) is 1. The molecule has 2 aromatic rings. The molecule has 56 valence electrons. The summed E-state index contributed by atoms with van der Waals surface area (Å²) in [5.41, 5.74) is 5.32. The summed E-state index contributed by atoms with van der Waals surface area (Å²) in [4.78, 5) is 7.72. The Balaban J connectivity index is 2.45. The molecule has 6 heteroatoms. The van der Waals surface area contributed by atoms with Crippen LogP contribution in [0, 0.1) is 0 Å². The Morgan fingerprint density at radius 2 is 2.45 bits per heavy atom. The molecule has 0 radical (unpaired) electrons. The molecular weight excluding hydrogens is 144 g/mol. The number of aromatic nitrogens is 5. The highest BCUT2D eigenvalue weighted by molar-refractivity contribution is 5.20. The third-order valence-electron chi connectivity index (χ3n) is 1.23. The van der Waals surface area contributed by atoms with Gasteiger partial charge in [-0.15, -0.1) is 5.10 Å². The first-order valence-corrected chi connectivity index (χ1v) is 3.02. The van der Waals surface area contributed by atoms with Crippen molar-refractivity contribution in [2.45, 2.75) is 0 Å². The Morgan fingerprint density at radius 1 is 1.55 bits per heavy atom. The molecule has 0 saturated carbocycles. The summed E-state index contributed by atoms with van der Waals surface area (Å²) in [6.07, 6.45) is 4.98. The highest BCUT2D eigenvalue weighted by atomic mass is 15.3. The van der Waals surface area contributed by atoms with Crippen molar-refractivity contribution < 1.29 is 0 Å². The molecule has 0 bridgehead atoms. The molecular formula is C5H6N6. The zero-order chi connectivity index (χ0) is 7.68. The van der Waals surface area contributed by atoms with Gasteiger partial charge in [0.15, 0.2) is 0 Å². The fourth-order valence-corrected chi connectivity index (χ4v) is 0.758. The fourth-order valence-electron chi connectivity index (χ4n) is 0.758. The van der Waals surface area contributed by atoms with Crippen molar-refractivity contribution in [2.24, 2.45) is 0 Å². The summed E-state index contributed by atoms with van der Waals surface area (Å²) in [6.45, 7) is 0. The van der Waals surface area contributed by atoms with E-state index in [2.05, 4.69) is 20.2 Å². The van der Waals surface area contributed by atoms with E-state index in [1.165, 1.54) is 0 Å². The normalized spacial score (nSPS) is 10.2. The average molecular weight is 150 g/mol. The number of nitrogens with one attached hydrogen (secondary N) is 1. The standard InChI is InChI=1S/C5H6N6/c6-4-8-5(10-9-4)11-2-1-7-3-11/h1-3H,(H3,6,8,9,10). The van der Waals surface area contributed by atoms with Gasteiger partial charge in [0.05, 0.1) is 0 Å². The lowest BCUT2D eigenvalue weighted by Crippen LogP contribution is -1.92. The number of rotatable bonds is 1. The van der Waals surface area contributed by atoms with Gasteiger partial charge < -0.3 is 5.73 Å². The van der Waals surface area contributed by atoms with Crippen LogP contribution in [0.4, 0.5) is 5.95 Å². The molecule has 0 aliphatic rings. The molecule has 0 aliphatic heterocycles. The lowest BCUT2D eigenvalue weighted by atomic mass is 10.8. The van der Waals surface area contributed by atoms with E-state index in [0.29, 0.717) is 11.9 Å². The quantitative estimate of drug-likeness (QED) is 0.577. The molecule has 0 unspecified atom stereocenters. The van der Waals surface area contributed by atoms with Gasteiger partial charge in [-0.1, -0.05) is 0 Å². The molecule has 6 nitrogen and oxygen atoms in total. The minimum atomic E-state index is 0.300. The predicted octanol–water partition coefficient (Wildman–Crippen LogP) is -0.427. The van der Waals surface area contributed by atoms with E-state index in [4.69, 9.17) is 5.73 Å². The molecule has 0 amide bonds. The topological polar surface area (TPSA) is 85.4 Å². The number of hydrogen-bond acceptors (Lipinski definition) is 4. The molecule has 0 saturated heterocycles. The summed E-state index contributed by atoms with van der Waals surface area (Å²) in [6, 6.07) is 0. The van der Waals surface area contributed by atoms with Gasteiger partial charge in [-0.2, -0.15) is 4.98 Å². The van der Waals surface area contributed by atoms with E-state index >= 15 is 0 Å². The molecule has 0 atom stereocenters. The van der Waals surface area contributed by atoms with Gasteiger partial charge in [-0.25, -0.2) is 10.1 Å². The molecule has 0 fully saturated rings. The minimum absolute atomic E-state index is 0.300. The Labute approximate surface area is 62.1 Å². The molecule has 0 aromatic carbocycles. The van der Waals surface area contributed by atoms with Crippen LogP contribution in [0.25, 0.3) is 5.95 Å². The average Bonchev–Trinajstić information content (AvgIpc) is 2.55. The maximum absolute atomic E-state index is 5.32. The van der Waals surface area contributed by atoms with Crippen molar-refractivity contribution >= 4 is 5.95 Å². The summed E-state index contributed by atoms with van der Waals surface area (Å²) >= 11 is 0. The maximum atomic E-state index is 5.32. The maximum Gasteiger partial charge on any atom is 0.255 e. The summed E-state index contributed by atoms with van der Waals surface area (Å²) in [5, 5.41) is 6.35. The largest absolute Gasteiger partial charge is 0.368 e. The number of anilines is 1. The van der Waals surface area contributed by atoms with Gasteiger partial charge in [0, 0.05) is 12.4 Å². The summed E-state index contributed by atoms with van der Waals surface area (Å²) in [5.74, 6) is 0.800. The Morgan fingerprint density at radius 3 is 3.00 bits per heavy atom.